The van der Waals surface area contributed by atoms with Crippen molar-refractivity contribution < 1.29 is 19.1 Å². The maximum atomic E-state index is 12.5. The minimum atomic E-state index is -0.496. The van der Waals surface area contributed by atoms with Gasteiger partial charge in [-0.25, -0.2) is 0 Å². The first-order valence-corrected chi connectivity index (χ1v) is 10.8. The van der Waals surface area contributed by atoms with E-state index in [1.807, 2.05) is 23.1 Å². The molecule has 3 rings (SSSR count). The molecule has 0 radical (unpaired) electrons. The zero-order chi connectivity index (χ0) is 21.3. The van der Waals surface area contributed by atoms with Crippen molar-refractivity contribution >= 4 is 11.8 Å². The fourth-order valence-electron chi connectivity index (χ4n) is 4.25. The Morgan fingerprint density at radius 3 is 2.70 bits per heavy atom. The standard InChI is InChI=1S/C22H34N4O4/c1-29-19-8-6-7-17(21(19)30-2)16-26-14-10-24-22(28)18(26)15-20(27)23-9-13-25-11-4-3-5-12-25/h6-8,18H,3-5,9-16H2,1-2H3,(H,23,27)(H,24,28)/t18-/m0/s1. The Labute approximate surface area is 178 Å². The number of hydrogen-bond acceptors (Lipinski definition) is 6. The van der Waals surface area contributed by atoms with Crippen LogP contribution in [0.4, 0.5) is 0 Å². The molecule has 0 aliphatic carbocycles. The molecule has 2 aliphatic heterocycles. The number of nitrogens with zero attached hydrogens (tertiary/aromatic N) is 2. The van der Waals surface area contributed by atoms with Gasteiger partial charge in [0.25, 0.3) is 0 Å². The summed E-state index contributed by atoms with van der Waals surface area (Å²) in [6, 6.07) is 5.22. The Morgan fingerprint density at radius 1 is 1.17 bits per heavy atom. The van der Waals surface area contributed by atoms with Gasteiger partial charge in [-0.1, -0.05) is 18.6 Å². The third kappa shape index (κ3) is 5.86. The maximum Gasteiger partial charge on any atom is 0.237 e. The lowest BCUT2D eigenvalue weighted by atomic mass is 10.1. The van der Waals surface area contributed by atoms with E-state index in [1.54, 1.807) is 14.2 Å². The van der Waals surface area contributed by atoms with Gasteiger partial charge in [0.05, 0.1) is 26.7 Å². The summed E-state index contributed by atoms with van der Waals surface area (Å²) in [5, 5.41) is 5.88. The summed E-state index contributed by atoms with van der Waals surface area (Å²) in [6.45, 7) is 5.47. The van der Waals surface area contributed by atoms with Crippen molar-refractivity contribution in [2.75, 3.05) is 53.5 Å². The molecule has 8 nitrogen and oxygen atoms in total. The number of likely N-dealkylation sites (tertiary alicyclic amines) is 1. The molecule has 2 aliphatic rings. The molecule has 0 unspecified atom stereocenters. The van der Waals surface area contributed by atoms with Crippen molar-refractivity contribution in [3.05, 3.63) is 23.8 Å². The molecule has 0 spiro atoms. The molecular weight excluding hydrogens is 384 g/mol. The molecule has 2 heterocycles. The van der Waals surface area contributed by atoms with Crippen LogP contribution >= 0.6 is 0 Å². The van der Waals surface area contributed by atoms with E-state index in [4.69, 9.17) is 9.47 Å². The van der Waals surface area contributed by atoms with Crippen LogP contribution in [0.3, 0.4) is 0 Å². The van der Waals surface area contributed by atoms with E-state index in [9.17, 15) is 9.59 Å². The van der Waals surface area contributed by atoms with Crippen molar-refractivity contribution in [1.82, 2.24) is 20.4 Å². The Kier molecular flexibility index (Phi) is 8.33. The summed E-state index contributed by atoms with van der Waals surface area (Å²) in [7, 11) is 3.21. The van der Waals surface area contributed by atoms with Gasteiger partial charge in [0.15, 0.2) is 11.5 Å². The van der Waals surface area contributed by atoms with E-state index < -0.39 is 6.04 Å². The number of benzene rings is 1. The molecule has 0 aromatic heterocycles. The first-order valence-electron chi connectivity index (χ1n) is 10.8. The number of amides is 2. The number of nitrogens with one attached hydrogen (secondary N) is 2. The van der Waals surface area contributed by atoms with Crippen LogP contribution in [0.15, 0.2) is 18.2 Å². The van der Waals surface area contributed by atoms with Gasteiger partial charge in [-0.3, -0.25) is 14.5 Å². The fourth-order valence-corrected chi connectivity index (χ4v) is 4.25. The highest BCUT2D eigenvalue weighted by Gasteiger charge is 2.32. The Morgan fingerprint density at radius 2 is 1.97 bits per heavy atom. The minimum absolute atomic E-state index is 0.0864. The van der Waals surface area contributed by atoms with Crippen molar-refractivity contribution in [3.63, 3.8) is 0 Å². The van der Waals surface area contributed by atoms with Crippen molar-refractivity contribution in [2.45, 2.75) is 38.3 Å². The molecule has 2 saturated heterocycles. The zero-order valence-electron chi connectivity index (χ0n) is 18.1. The molecule has 30 heavy (non-hydrogen) atoms. The van der Waals surface area contributed by atoms with Gasteiger partial charge < -0.3 is 25.0 Å². The first kappa shape index (κ1) is 22.4. The predicted molar refractivity (Wildman–Crippen MR) is 115 cm³/mol. The third-order valence-electron chi connectivity index (χ3n) is 5.88. The van der Waals surface area contributed by atoms with E-state index in [0.29, 0.717) is 37.7 Å². The van der Waals surface area contributed by atoms with Gasteiger partial charge in [0, 0.05) is 38.3 Å². The lowest BCUT2D eigenvalue weighted by Gasteiger charge is -2.35. The summed E-state index contributed by atoms with van der Waals surface area (Å²) in [6.07, 6.45) is 3.92. The molecule has 0 bridgehead atoms. The summed E-state index contributed by atoms with van der Waals surface area (Å²) < 4.78 is 10.9. The second-order valence-corrected chi connectivity index (χ2v) is 7.89. The van der Waals surface area contributed by atoms with Gasteiger partial charge in [0.1, 0.15) is 0 Å². The lowest BCUT2D eigenvalue weighted by molar-refractivity contribution is -0.134. The number of carbonyl (C=O) groups is 2. The Balaban J connectivity index is 1.58. The summed E-state index contributed by atoms with van der Waals surface area (Å²) in [4.78, 5) is 29.5. The normalized spacial score (nSPS) is 20.5. The molecule has 166 valence electrons. The van der Waals surface area contributed by atoms with Crippen LogP contribution in [0.1, 0.15) is 31.2 Å². The molecule has 2 fully saturated rings. The van der Waals surface area contributed by atoms with Crippen LogP contribution in [0, 0.1) is 0 Å². The molecule has 2 N–H and O–H groups in total. The van der Waals surface area contributed by atoms with Crippen LogP contribution in [-0.2, 0) is 16.1 Å². The number of piperazine rings is 1. The maximum absolute atomic E-state index is 12.5. The molecular formula is C22H34N4O4. The average molecular weight is 419 g/mol. The lowest BCUT2D eigenvalue weighted by Crippen LogP contribution is -2.56. The molecule has 1 atom stereocenters. The van der Waals surface area contributed by atoms with Gasteiger partial charge in [-0.05, 0) is 32.0 Å². The Hall–Kier alpha value is -2.32. The first-order chi connectivity index (χ1) is 14.6. The molecule has 1 aromatic carbocycles. The van der Waals surface area contributed by atoms with E-state index in [-0.39, 0.29) is 18.2 Å². The molecule has 2 amide bonds. The van der Waals surface area contributed by atoms with Gasteiger partial charge in [0.2, 0.25) is 11.8 Å². The third-order valence-corrected chi connectivity index (χ3v) is 5.88. The number of ether oxygens (including phenoxy) is 2. The van der Waals surface area contributed by atoms with E-state index in [0.717, 1.165) is 25.2 Å². The molecule has 1 aromatic rings. The minimum Gasteiger partial charge on any atom is -0.493 e. The van der Waals surface area contributed by atoms with Gasteiger partial charge >= 0.3 is 0 Å². The molecule has 8 heteroatoms. The van der Waals surface area contributed by atoms with E-state index in [2.05, 4.69) is 15.5 Å². The average Bonchev–Trinajstić information content (AvgIpc) is 2.76. The highest BCUT2D eigenvalue weighted by molar-refractivity contribution is 5.88. The largest absolute Gasteiger partial charge is 0.493 e. The number of para-hydroxylation sites is 1. The number of hydrogen-bond donors (Lipinski definition) is 2. The van der Waals surface area contributed by atoms with E-state index >= 15 is 0 Å². The van der Waals surface area contributed by atoms with Crippen LogP contribution in [0.25, 0.3) is 0 Å². The highest BCUT2D eigenvalue weighted by Crippen LogP contribution is 2.32. The number of carbonyl (C=O) groups excluding carboxylic acids is 2. The monoisotopic (exact) mass is 418 g/mol. The van der Waals surface area contributed by atoms with Crippen molar-refractivity contribution in [3.8, 4) is 11.5 Å². The van der Waals surface area contributed by atoms with Crippen LogP contribution in [0.2, 0.25) is 0 Å². The van der Waals surface area contributed by atoms with Crippen LogP contribution < -0.4 is 20.1 Å². The Bertz CT molecular complexity index is 721. The second kappa shape index (κ2) is 11.2. The van der Waals surface area contributed by atoms with Crippen molar-refractivity contribution in [2.24, 2.45) is 0 Å². The van der Waals surface area contributed by atoms with Gasteiger partial charge in [-0.15, -0.1) is 0 Å². The van der Waals surface area contributed by atoms with Crippen LogP contribution in [0.5, 0.6) is 11.5 Å². The number of methoxy groups -OCH3 is 2. The summed E-state index contributed by atoms with van der Waals surface area (Å²) in [5.41, 5.74) is 0.932. The smallest absolute Gasteiger partial charge is 0.237 e. The van der Waals surface area contributed by atoms with Crippen molar-refractivity contribution in [1.29, 1.82) is 0 Å². The van der Waals surface area contributed by atoms with Gasteiger partial charge in [-0.2, -0.15) is 0 Å². The zero-order valence-corrected chi connectivity index (χ0v) is 18.1. The second-order valence-electron chi connectivity index (χ2n) is 7.89. The number of piperidine rings is 1. The van der Waals surface area contributed by atoms with E-state index in [1.165, 1.54) is 19.3 Å². The summed E-state index contributed by atoms with van der Waals surface area (Å²) in [5.74, 6) is 1.13. The summed E-state index contributed by atoms with van der Waals surface area (Å²) >= 11 is 0. The SMILES string of the molecule is COc1cccc(CN2CCNC(=O)[C@@H]2CC(=O)NCCN2CCCCC2)c1OC. The fraction of sp³-hybridized carbons (Fsp3) is 0.636. The molecule has 0 saturated carbocycles. The number of rotatable bonds is 9. The van der Waals surface area contributed by atoms with Crippen LogP contribution in [-0.4, -0.2) is 81.1 Å². The topological polar surface area (TPSA) is 83.1 Å². The highest BCUT2D eigenvalue weighted by atomic mass is 16.5. The predicted octanol–water partition coefficient (Wildman–Crippen LogP) is 0.996. The quantitative estimate of drug-likeness (QED) is 0.623.